The van der Waals surface area contributed by atoms with Crippen LogP contribution in [-0.2, 0) is 24.1 Å². The number of sulfonamides is 1. The molecular weight excluding hydrogens is 506 g/mol. The minimum Gasteiger partial charge on any atom is -0.493 e. The summed E-state index contributed by atoms with van der Waals surface area (Å²) in [5, 5.41) is -0.135. The van der Waals surface area contributed by atoms with Gasteiger partial charge in [0.2, 0.25) is 5.03 Å². The van der Waals surface area contributed by atoms with Crippen molar-refractivity contribution in [2.75, 3.05) is 24.4 Å². The van der Waals surface area contributed by atoms with Crippen LogP contribution in [0, 0.1) is 0 Å². The van der Waals surface area contributed by atoms with Gasteiger partial charge >= 0.3 is 5.69 Å². The van der Waals surface area contributed by atoms with Crippen LogP contribution in [0.15, 0.2) is 82.7 Å². The van der Waals surface area contributed by atoms with E-state index in [0.717, 1.165) is 6.42 Å². The zero-order chi connectivity index (χ0) is 27.5. The van der Waals surface area contributed by atoms with Crippen molar-refractivity contribution < 1.29 is 22.4 Å². The number of rotatable bonds is 12. The summed E-state index contributed by atoms with van der Waals surface area (Å²) >= 11 is 0. The summed E-state index contributed by atoms with van der Waals surface area (Å²) in [5.41, 5.74) is 1.03. The maximum atomic E-state index is 13.5. The molecule has 38 heavy (non-hydrogen) atoms. The Bertz CT molecular complexity index is 1600. The van der Waals surface area contributed by atoms with Crippen molar-refractivity contribution in [3.05, 3.63) is 83.4 Å². The molecule has 10 nitrogen and oxygen atoms in total. The first-order valence-corrected chi connectivity index (χ1v) is 13.6. The third-order valence-corrected chi connectivity index (χ3v) is 7.37. The fraction of sp³-hybridized carbons (Fsp3) is 0.259. The Morgan fingerprint density at radius 3 is 2.37 bits per heavy atom. The van der Waals surface area contributed by atoms with E-state index in [-0.39, 0.29) is 26.6 Å². The summed E-state index contributed by atoms with van der Waals surface area (Å²) in [5.74, 6) is 1.30. The largest absolute Gasteiger partial charge is 0.493 e. The zero-order valence-corrected chi connectivity index (χ0v) is 22.6. The molecule has 3 aromatic rings. The third kappa shape index (κ3) is 5.29. The second-order valence-corrected chi connectivity index (χ2v) is 10.7. The molecule has 1 N–H and O–H groups in total. The topological polar surface area (TPSA) is 104 Å². The van der Waals surface area contributed by atoms with Crippen LogP contribution in [0.1, 0.15) is 13.3 Å². The van der Waals surface area contributed by atoms with Crippen molar-refractivity contribution in [3.63, 3.8) is 0 Å². The SMILES string of the molecule is C=CC[N+]1(CC=C)C=NC(S(=O)(=O)Nc2cc3c(cc2Oc2cccc(OCCC)c2)n(C)c(=O)n3C)=C1. The maximum absolute atomic E-state index is 13.5. The van der Waals surface area contributed by atoms with E-state index in [9.17, 15) is 13.2 Å². The van der Waals surface area contributed by atoms with Crippen LogP contribution in [-0.4, -0.2) is 48.1 Å². The number of hydrogen-bond acceptors (Lipinski definition) is 6. The summed E-state index contributed by atoms with van der Waals surface area (Å²) in [4.78, 5) is 16.8. The fourth-order valence-electron chi connectivity index (χ4n) is 4.21. The average molecular weight is 539 g/mol. The first-order chi connectivity index (χ1) is 18.1. The van der Waals surface area contributed by atoms with Crippen molar-refractivity contribution in [1.82, 2.24) is 9.13 Å². The van der Waals surface area contributed by atoms with E-state index < -0.39 is 10.0 Å². The Kier molecular flexibility index (Phi) is 7.61. The highest BCUT2D eigenvalue weighted by Crippen LogP contribution is 2.36. The molecule has 1 aliphatic heterocycles. The van der Waals surface area contributed by atoms with E-state index in [1.807, 2.05) is 13.0 Å². The van der Waals surface area contributed by atoms with Crippen molar-refractivity contribution in [2.24, 2.45) is 19.1 Å². The van der Waals surface area contributed by atoms with E-state index in [1.165, 1.54) is 9.13 Å². The minimum atomic E-state index is -4.11. The first-order valence-electron chi connectivity index (χ1n) is 12.1. The molecule has 4 rings (SSSR count). The quantitative estimate of drug-likeness (QED) is 0.275. The number of imidazole rings is 1. The number of fused-ring (bicyclic) bond motifs is 1. The predicted molar refractivity (Wildman–Crippen MR) is 150 cm³/mol. The summed E-state index contributed by atoms with van der Waals surface area (Å²) in [7, 11) is -0.842. The van der Waals surface area contributed by atoms with E-state index in [0.29, 0.717) is 42.2 Å². The van der Waals surface area contributed by atoms with Crippen LogP contribution >= 0.6 is 0 Å². The predicted octanol–water partition coefficient (Wildman–Crippen LogP) is 4.23. The van der Waals surface area contributed by atoms with Gasteiger partial charge in [-0.3, -0.25) is 13.9 Å². The minimum absolute atomic E-state index is 0.135. The van der Waals surface area contributed by atoms with Gasteiger partial charge in [0.15, 0.2) is 12.1 Å². The lowest BCUT2D eigenvalue weighted by molar-refractivity contribution is -0.765. The molecule has 0 fully saturated rings. The van der Waals surface area contributed by atoms with E-state index >= 15 is 0 Å². The van der Waals surface area contributed by atoms with Crippen molar-refractivity contribution in [2.45, 2.75) is 13.3 Å². The molecule has 0 spiro atoms. The monoisotopic (exact) mass is 538 g/mol. The molecule has 0 aliphatic carbocycles. The van der Waals surface area contributed by atoms with E-state index in [2.05, 4.69) is 22.9 Å². The molecule has 1 aliphatic rings. The van der Waals surface area contributed by atoms with Gasteiger partial charge < -0.3 is 9.47 Å². The number of aliphatic imine (C=N–C) groups is 1. The van der Waals surface area contributed by atoms with Gasteiger partial charge in [-0.05, 0) is 36.8 Å². The summed E-state index contributed by atoms with van der Waals surface area (Å²) in [6, 6.07) is 10.3. The highest BCUT2D eigenvalue weighted by Gasteiger charge is 2.33. The molecule has 0 saturated heterocycles. The number of aryl methyl sites for hydroxylation is 2. The number of ether oxygens (including phenoxy) is 2. The Balaban J connectivity index is 1.77. The lowest BCUT2D eigenvalue weighted by atomic mass is 10.2. The fourth-order valence-corrected chi connectivity index (χ4v) is 5.30. The van der Waals surface area contributed by atoms with Gasteiger partial charge in [-0.15, -0.1) is 0 Å². The van der Waals surface area contributed by atoms with Gasteiger partial charge in [-0.1, -0.05) is 26.1 Å². The van der Waals surface area contributed by atoms with Crippen LogP contribution in [0.2, 0.25) is 0 Å². The summed E-state index contributed by atoms with van der Waals surface area (Å²) in [6.45, 7) is 11.0. The lowest BCUT2D eigenvalue weighted by Crippen LogP contribution is -2.40. The molecular formula is C27H32N5O5S+. The lowest BCUT2D eigenvalue weighted by Gasteiger charge is -2.23. The van der Waals surface area contributed by atoms with Crippen molar-refractivity contribution in [1.29, 1.82) is 0 Å². The maximum Gasteiger partial charge on any atom is 0.328 e. The number of hydrogen-bond donors (Lipinski definition) is 1. The molecule has 0 bridgehead atoms. The molecule has 0 saturated carbocycles. The number of nitrogens with one attached hydrogen (secondary N) is 1. The van der Waals surface area contributed by atoms with Crippen LogP contribution in [0.3, 0.4) is 0 Å². The molecule has 1 aromatic heterocycles. The van der Waals surface area contributed by atoms with Gasteiger partial charge in [0.05, 0.1) is 23.3 Å². The van der Waals surface area contributed by atoms with Crippen LogP contribution in [0.4, 0.5) is 5.69 Å². The molecule has 0 amide bonds. The Labute approximate surface area is 222 Å². The number of nitrogens with zero attached hydrogens (tertiary/aromatic N) is 4. The zero-order valence-electron chi connectivity index (χ0n) is 21.8. The molecule has 2 aromatic carbocycles. The summed E-state index contributed by atoms with van der Waals surface area (Å²) in [6.07, 6.45) is 7.36. The third-order valence-electron chi connectivity index (χ3n) is 6.12. The van der Waals surface area contributed by atoms with E-state index in [4.69, 9.17) is 9.47 Å². The summed E-state index contributed by atoms with van der Waals surface area (Å²) < 4.78 is 44.5. The van der Waals surface area contributed by atoms with Gasteiger partial charge in [0.1, 0.15) is 30.8 Å². The van der Waals surface area contributed by atoms with Crippen LogP contribution in [0.25, 0.3) is 11.0 Å². The van der Waals surface area contributed by atoms with Crippen LogP contribution in [0.5, 0.6) is 17.2 Å². The number of anilines is 1. The van der Waals surface area contributed by atoms with Crippen molar-refractivity contribution in [3.8, 4) is 17.2 Å². The van der Waals surface area contributed by atoms with E-state index in [1.54, 1.807) is 69.1 Å². The van der Waals surface area contributed by atoms with Gasteiger partial charge in [0.25, 0.3) is 10.0 Å². The second kappa shape index (κ2) is 10.7. The van der Waals surface area contributed by atoms with Crippen LogP contribution < -0.4 is 19.9 Å². The smallest absolute Gasteiger partial charge is 0.328 e. The molecule has 11 heteroatoms. The standard InChI is InChI=1S/C27H32N5O5S/c1-6-12-32(13-7-2)18-26(28-19-32)38(34,35)29-22-16-23-24(31(5)27(33)30(23)4)17-25(22)37-21-11-9-10-20(15-21)36-14-8-3/h6-7,9-11,15-19,29H,1-2,8,12-14H2,3-5H3/q+1. The highest BCUT2D eigenvalue weighted by atomic mass is 32.2. The molecule has 0 unspecified atom stereocenters. The van der Waals surface area contributed by atoms with Gasteiger partial charge in [-0.2, -0.15) is 13.4 Å². The number of benzene rings is 2. The van der Waals surface area contributed by atoms with Crippen molar-refractivity contribution >= 4 is 33.1 Å². The van der Waals surface area contributed by atoms with Gasteiger partial charge in [0, 0.05) is 26.2 Å². The second-order valence-electron chi connectivity index (χ2n) is 9.03. The molecule has 0 atom stereocenters. The number of aromatic nitrogens is 2. The Hall–Kier alpha value is -4.09. The van der Waals surface area contributed by atoms with Gasteiger partial charge in [-0.25, -0.2) is 9.28 Å². The first kappa shape index (κ1) is 27.0. The molecule has 200 valence electrons. The Morgan fingerprint density at radius 2 is 1.71 bits per heavy atom. The normalized spacial score (nSPS) is 14.3. The molecule has 2 heterocycles. The number of quaternary nitrogens is 1. The molecule has 0 radical (unpaired) electrons. The average Bonchev–Trinajstić information content (AvgIpc) is 3.40. The Morgan fingerprint density at radius 1 is 1.05 bits per heavy atom. The highest BCUT2D eigenvalue weighted by molar-refractivity contribution is 7.96.